The molecule has 0 spiro atoms. The van der Waals surface area contributed by atoms with Crippen LogP contribution in [0.25, 0.3) is 0 Å². The fourth-order valence-electron chi connectivity index (χ4n) is 5.95. The molecule has 2 unspecified atom stereocenters. The number of amides is 2. The van der Waals surface area contributed by atoms with E-state index in [0.29, 0.717) is 11.8 Å². The van der Waals surface area contributed by atoms with Gasteiger partial charge in [-0.1, -0.05) is 77.0 Å². The fourth-order valence-corrected chi connectivity index (χ4v) is 5.95. The van der Waals surface area contributed by atoms with Gasteiger partial charge in [-0.05, 0) is 111 Å². The van der Waals surface area contributed by atoms with Gasteiger partial charge in [0.15, 0.2) is 0 Å². The third-order valence-electron chi connectivity index (χ3n) is 8.67. The van der Waals surface area contributed by atoms with Gasteiger partial charge < -0.3 is 20.1 Å². The van der Waals surface area contributed by atoms with Crippen molar-refractivity contribution in [1.29, 1.82) is 0 Å². The molecule has 4 rings (SSSR count). The second-order valence-electron chi connectivity index (χ2n) is 12.0. The molecule has 1 aliphatic rings. The molecule has 1 heterocycles. The average molecular weight is 698 g/mol. The number of anilines is 1. The number of hydrogen-bond donors (Lipinski definition) is 2. The first kappa shape index (κ1) is 44.4. The molecule has 7 nitrogen and oxygen atoms in total. The minimum atomic E-state index is -0.0587. The zero-order valence-electron chi connectivity index (χ0n) is 32.5. The van der Waals surface area contributed by atoms with Gasteiger partial charge in [0.2, 0.25) is 12.3 Å². The topological polar surface area (TPSA) is 89.6 Å². The standard InChI is InChI=1S/C31H41N3O3.C9H12O.C2H6.C2H4/c1-5-7-10-24(13-12-22(3)32-21-35)25-14-15-26(20-25)29-16-17-30(28(6-2)33-29)34-31(36)19-23-9-8-11-27(18-23)37-4;1-3-8-5-4-6-9(7-8)10-2;2*1-2/h8-9,11-13,16-18,21,25-26H,5-7,10,14-15,19-20H2,1-4H3,(H,32,35)(H,34,36);4-7H,3H2,1-2H3;1-2H3;1-2H2/b22-12+,24-13+;;;. The Bertz CT molecular complexity index is 1490. The molecule has 2 aromatic carbocycles. The van der Waals surface area contributed by atoms with Crippen molar-refractivity contribution >= 4 is 18.0 Å². The van der Waals surface area contributed by atoms with Crippen LogP contribution in [-0.4, -0.2) is 31.5 Å². The Kier molecular flexibility index (Phi) is 22.8. The van der Waals surface area contributed by atoms with E-state index in [1.54, 1.807) is 14.2 Å². The molecule has 1 fully saturated rings. The summed E-state index contributed by atoms with van der Waals surface area (Å²) in [6.07, 6.45) is 13.8. The molecule has 2 amide bonds. The van der Waals surface area contributed by atoms with Crippen molar-refractivity contribution in [2.45, 2.75) is 105 Å². The van der Waals surface area contributed by atoms with E-state index in [1.807, 2.05) is 69.3 Å². The van der Waals surface area contributed by atoms with Crippen molar-refractivity contribution in [3.63, 3.8) is 0 Å². The zero-order valence-corrected chi connectivity index (χ0v) is 32.5. The van der Waals surface area contributed by atoms with Crippen LogP contribution in [0.1, 0.15) is 109 Å². The van der Waals surface area contributed by atoms with Crippen LogP contribution < -0.4 is 20.1 Å². The number of pyridine rings is 1. The van der Waals surface area contributed by atoms with Crippen LogP contribution in [0, 0.1) is 5.92 Å². The van der Waals surface area contributed by atoms with Crippen molar-refractivity contribution in [2.75, 3.05) is 19.5 Å². The van der Waals surface area contributed by atoms with E-state index in [0.717, 1.165) is 91.2 Å². The number of rotatable bonds is 15. The van der Waals surface area contributed by atoms with Gasteiger partial charge in [-0.15, -0.1) is 13.2 Å². The highest BCUT2D eigenvalue weighted by Gasteiger charge is 2.29. The van der Waals surface area contributed by atoms with Gasteiger partial charge in [-0.25, -0.2) is 0 Å². The van der Waals surface area contributed by atoms with E-state index in [9.17, 15) is 9.59 Å². The summed E-state index contributed by atoms with van der Waals surface area (Å²) in [6, 6.07) is 19.8. The van der Waals surface area contributed by atoms with Crippen molar-refractivity contribution < 1.29 is 19.1 Å². The largest absolute Gasteiger partial charge is 0.497 e. The van der Waals surface area contributed by atoms with Gasteiger partial charge in [0, 0.05) is 17.3 Å². The lowest BCUT2D eigenvalue weighted by Crippen LogP contribution is -2.16. The normalized spacial score (nSPS) is 15.1. The van der Waals surface area contributed by atoms with Gasteiger partial charge >= 0.3 is 0 Å². The van der Waals surface area contributed by atoms with Gasteiger partial charge in [-0.2, -0.15) is 0 Å². The molecule has 0 aliphatic heterocycles. The number of ether oxygens (including phenoxy) is 2. The monoisotopic (exact) mass is 697 g/mol. The highest BCUT2D eigenvalue weighted by molar-refractivity contribution is 5.92. The van der Waals surface area contributed by atoms with Gasteiger partial charge in [0.25, 0.3) is 0 Å². The summed E-state index contributed by atoms with van der Waals surface area (Å²) in [6.45, 7) is 18.3. The molecule has 2 N–H and O–H groups in total. The van der Waals surface area contributed by atoms with Gasteiger partial charge in [0.1, 0.15) is 11.5 Å². The Hall–Kier alpha value is -4.65. The minimum Gasteiger partial charge on any atom is -0.497 e. The molecular formula is C44H63N3O4. The van der Waals surface area contributed by atoms with E-state index >= 15 is 0 Å². The number of nitrogens with one attached hydrogen (secondary N) is 2. The summed E-state index contributed by atoms with van der Waals surface area (Å²) in [5, 5.41) is 5.79. The molecule has 3 aromatic rings. The van der Waals surface area contributed by atoms with Crippen molar-refractivity contribution in [3.8, 4) is 11.5 Å². The third kappa shape index (κ3) is 15.8. The summed E-state index contributed by atoms with van der Waals surface area (Å²) >= 11 is 0. The molecule has 0 saturated heterocycles. The number of aromatic nitrogens is 1. The SMILES string of the molecule is C=C.CC.CCCC/C(=C\C=C(/C)NC=O)C1CCC(c2ccc(NC(=O)Cc3cccc(OC)c3)c(CC)n2)C1.CCc1cccc(OC)c1. The summed E-state index contributed by atoms with van der Waals surface area (Å²) in [7, 11) is 3.31. The number of benzene rings is 2. The molecular weight excluding hydrogens is 635 g/mol. The van der Waals surface area contributed by atoms with Crippen LogP contribution in [0.3, 0.4) is 0 Å². The maximum atomic E-state index is 12.7. The van der Waals surface area contributed by atoms with Crippen LogP contribution in [0.5, 0.6) is 11.5 Å². The quantitative estimate of drug-likeness (QED) is 0.0937. The number of carbonyl (C=O) groups excluding carboxylic acids is 2. The maximum absolute atomic E-state index is 12.7. The summed E-state index contributed by atoms with van der Waals surface area (Å²) in [5.41, 5.74) is 7.40. The maximum Gasteiger partial charge on any atom is 0.228 e. The third-order valence-corrected chi connectivity index (χ3v) is 8.67. The zero-order chi connectivity index (χ0) is 38.0. The van der Waals surface area contributed by atoms with Crippen molar-refractivity contribution in [2.24, 2.45) is 5.92 Å². The number of allylic oxidation sites excluding steroid dienone is 4. The highest BCUT2D eigenvalue weighted by Crippen LogP contribution is 2.42. The highest BCUT2D eigenvalue weighted by atomic mass is 16.5. The summed E-state index contributed by atoms with van der Waals surface area (Å²) < 4.78 is 10.3. The lowest BCUT2D eigenvalue weighted by molar-refractivity contribution is -0.115. The van der Waals surface area contributed by atoms with Crippen LogP contribution in [0.4, 0.5) is 5.69 Å². The molecule has 1 aliphatic carbocycles. The number of unbranched alkanes of at least 4 members (excludes halogenated alkanes) is 1. The number of aryl methyl sites for hydroxylation is 2. The van der Waals surface area contributed by atoms with Crippen LogP contribution in [0.2, 0.25) is 0 Å². The van der Waals surface area contributed by atoms with E-state index in [2.05, 4.69) is 68.8 Å². The predicted molar refractivity (Wildman–Crippen MR) is 215 cm³/mol. The molecule has 278 valence electrons. The Balaban J connectivity index is 0.000000783. The smallest absolute Gasteiger partial charge is 0.228 e. The first-order chi connectivity index (χ1) is 24.8. The molecule has 51 heavy (non-hydrogen) atoms. The van der Waals surface area contributed by atoms with E-state index < -0.39 is 0 Å². The van der Waals surface area contributed by atoms with E-state index in [-0.39, 0.29) is 12.3 Å². The Morgan fingerprint density at radius 2 is 1.55 bits per heavy atom. The Morgan fingerprint density at radius 3 is 2.14 bits per heavy atom. The van der Waals surface area contributed by atoms with Gasteiger partial charge in [0.05, 0.1) is 32.0 Å². The fraction of sp³-hybridized carbons (Fsp3) is 0.432. The molecule has 2 atom stereocenters. The number of hydrogen-bond acceptors (Lipinski definition) is 5. The van der Waals surface area contributed by atoms with Crippen molar-refractivity contribution in [3.05, 3.63) is 120 Å². The lowest BCUT2D eigenvalue weighted by atomic mass is 9.91. The second-order valence-corrected chi connectivity index (χ2v) is 12.0. The lowest BCUT2D eigenvalue weighted by Gasteiger charge is -2.17. The Labute approximate surface area is 308 Å². The number of carbonyl (C=O) groups is 2. The molecule has 7 heteroatoms. The Morgan fingerprint density at radius 1 is 0.902 bits per heavy atom. The van der Waals surface area contributed by atoms with Gasteiger partial charge in [-0.3, -0.25) is 14.6 Å². The summed E-state index contributed by atoms with van der Waals surface area (Å²) in [5.74, 6) is 2.58. The molecule has 0 radical (unpaired) electrons. The first-order valence-corrected chi connectivity index (χ1v) is 18.5. The minimum absolute atomic E-state index is 0.0587. The predicted octanol–water partition coefficient (Wildman–Crippen LogP) is 10.6. The van der Waals surface area contributed by atoms with E-state index in [4.69, 9.17) is 14.5 Å². The van der Waals surface area contributed by atoms with Crippen LogP contribution >= 0.6 is 0 Å². The van der Waals surface area contributed by atoms with E-state index in [1.165, 1.54) is 17.6 Å². The van der Waals surface area contributed by atoms with Crippen LogP contribution in [-0.2, 0) is 28.9 Å². The molecule has 1 aromatic heterocycles. The first-order valence-electron chi connectivity index (χ1n) is 18.5. The van der Waals surface area contributed by atoms with Crippen LogP contribution in [0.15, 0.2) is 97.2 Å². The summed E-state index contributed by atoms with van der Waals surface area (Å²) in [4.78, 5) is 28.5. The molecule has 0 bridgehead atoms. The van der Waals surface area contributed by atoms with Crippen molar-refractivity contribution in [1.82, 2.24) is 10.3 Å². The number of methoxy groups -OCH3 is 2. The number of nitrogens with zero attached hydrogens (tertiary/aromatic N) is 1. The second kappa shape index (κ2) is 26.2. The average Bonchev–Trinajstić information content (AvgIpc) is 3.67. The molecule has 1 saturated carbocycles.